The molecule has 1 aromatic carbocycles. The molecule has 1 aromatic rings. The molecule has 1 saturated heterocycles. The van der Waals surface area contributed by atoms with Gasteiger partial charge in [0.1, 0.15) is 0 Å². The average Bonchev–Trinajstić information content (AvgIpc) is 3.05. The lowest BCUT2D eigenvalue weighted by molar-refractivity contribution is 0.0672. The zero-order valence-corrected chi connectivity index (χ0v) is 15.2. The van der Waals surface area contributed by atoms with E-state index in [0.717, 1.165) is 12.1 Å². The lowest BCUT2D eigenvalue weighted by Crippen LogP contribution is -2.36. The molecule has 122 valence electrons. The number of amides is 1. The van der Waals surface area contributed by atoms with Crippen molar-refractivity contribution in [2.24, 2.45) is 5.92 Å². The third-order valence-electron chi connectivity index (χ3n) is 3.49. The minimum Gasteiger partial charge on any atom is -0.383 e. The van der Waals surface area contributed by atoms with Crippen molar-refractivity contribution in [3.8, 4) is 0 Å². The Labute approximate surface area is 142 Å². The largest absolute Gasteiger partial charge is 0.383 e. The summed E-state index contributed by atoms with van der Waals surface area (Å²) in [6.07, 6.45) is 0. The smallest absolute Gasteiger partial charge is 0.253 e. The summed E-state index contributed by atoms with van der Waals surface area (Å²) >= 11 is 3.97. The second kappa shape index (κ2) is 8.85. The molecule has 1 fully saturated rings. The maximum Gasteiger partial charge on any atom is 0.253 e. The van der Waals surface area contributed by atoms with Crippen LogP contribution in [0.25, 0.3) is 0 Å². The summed E-state index contributed by atoms with van der Waals surface area (Å²) in [7, 11) is 1.67. The van der Waals surface area contributed by atoms with Crippen molar-refractivity contribution in [3.05, 3.63) is 35.4 Å². The minimum absolute atomic E-state index is 0.101. The summed E-state index contributed by atoms with van der Waals surface area (Å²) < 4.78 is 5.66. The molecule has 0 unspecified atom stereocenters. The van der Waals surface area contributed by atoms with Crippen molar-refractivity contribution in [3.63, 3.8) is 0 Å². The van der Waals surface area contributed by atoms with E-state index in [4.69, 9.17) is 4.74 Å². The molecule has 2 rings (SSSR count). The Balaban J connectivity index is 2.05. The lowest BCUT2D eigenvalue weighted by Gasteiger charge is -2.24. The number of carbonyl (C=O) groups is 1. The lowest BCUT2D eigenvalue weighted by atomic mass is 10.1. The number of hydrogen-bond donors (Lipinski definition) is 0. The predicted octanol–water partition coefficient (Wildman–Crippen LogP) is 3.91. The molecule has 1 amide bonds. The predicted molar refractivity (Wildman–Crippen MR) is 96.7 cm³/mol. The van der Waals surface area contributed by atoms with E-state index in [-0.39, 0.29) is 5.91 Å². The van der Waals surface area contributed by atoms with Gasteiger partial charge >= 0.3 is 0 Å². The normalized spacial score (nSPS) is 15.5. The first kappa shape index (κ1) is 17.7. The molecule has 1 heterocycles. The van der Waals surface area contributed by atoms with Crippen molar-refractivity contribution < 1.29 is 9.53 Å². The second-order valence-electron chi connectivity index (χ2n) is 5.83. The zero-order valence-electron chi connectivity index (χ0n) is 13.6. The highest BCUT2D eigenvalue weighted by Crippen LogP contribution is 2.45. The Bertz CT molecular complexity index is 470. The van der Waals surface area contributed by atoms with Gasteiger partial charge in [0.05, 0.1) is 11.2 Å². The van der Waals surface area contributed by atoms with Gasteiger partial charge in [0.15, 0.2) is 0 Å². The maximum absolute atomic E-state index is 12.7. The molecule has 0 atom stereocenters. The second-order valence-corrected chi connectivity index (χ2v) is 8.56. The molecule has 0 spiro atoms. The fourth-order valence-electron chi connectivity index (χ4n) is 2.43. The fraction of sp³-hybridized carbons (Fsp3) is 0.588. The molecule has 5 heteroatoms. The van der Waals surface area contributed by atoms with Crippen LogP contribution in [0.3, 0.4) is 0 Å². The topological polar surface area (TPSA) is 29.5 Å². The van der Waals surface area contributed by atoms with E-state index >= 15 is 0 Å². The third kappa shape index (κ3) is 4.93. The summed E-state index contributed by atoms with van der Waals surface area (Å²) in [4.78, 5) is 14.6. The molecular formula is C17H25NO2S2. The first-order chi connectivity index (χ1) is 10.6. The van der Waals surface area contributed by atoms with Gasteiger partial charge in [-0.3, -0.25) is 4.79 Å². The van der Waals surface area contributed by atoms with Crippen LogP contribution >= 0.6 is 23.5 Å². The van der Waals surface area contributed by atoms with Gasteiger partial charge in [-0.2, -0.15) is 0 Å². The van der Waals surface area contributed by atoms with Gasteiger partial charge in [-0.25, -0.2) is 0 Å². The van der Waals surface area contributed by atoms with Crippen molar-refractivity contribution in [2.45, 2.75) is 18.4 Å². The third-order valence-corrected chi connectivity index (χ3v) is 6.59. The van der Waals surface area contributed by atoms with E-state index in [2.05, 4.69) is 26.0 Å². The van der Waals surface area contributed by atoms with E-state index in [1.165, 1.54) is 17.1 Å². The number of methoxy groups -OCH3 is 1. The minimum atomic E-state index is 0.101. The fourth-order valence-corrected chi connectivity index (χ4v) is 5.29. The van der Waals surface area contributed by atoms with Crippen molar-refractivity contribution >= 4 is 29.4 Å². The van der Waals surface area contributed by atoms with Crippen molar-refractivity contribution in [2.75, 3.05) is 38.3 Å². The molecule has 0 N–H and O–H groups in total. The summed E-state index contributed by atoms with van der Waals surface area (Å²) in [6, 6.07) is 8.15. The van der Waals surface area contributed by atoms with Crippen molar-refractivity contribution in [1.82, 2.24) is 4.90 Å². The van der Waals surface area contributed by atoms with Crippen LogP contribution in [0.1, 0.15) is 34.4 Å². The molecule has 0 aliphatic carbocycles. The van der Waals surface area contributed by atoms with E-state index in [1.54, 1.807) is 7.11 Å². The van der Waals surface area contributed by atoms with Gasteiger partial charge in [0, 0.05) is 37.3 Å². The molecule has 0 saturated carbocycles. The van der Waals surface area contributed by atoms with Crippen LogP contribution in [-0.4, -0.2) is 49.1 Å². The Morgan fingerprint density at radius 1 is 1.27 bits per heavy atom. The SMILES string of the molecule is COCCN(CC(C)C)C(=O)c1ccc(C2SCCS2)cc1. The highest BCUT2D eigenvalue weighted by atomic mass is 32.2. The number of benzene rings is 1. The van der Waals surface area contributed by atoms with Crippen molar-refractivity contribution in [1.29, 1.82) is 0 Å². The van der Waals surface area contributed by atoms with Crippen LogP contribution in [0.5, 0.6) is 0 Å². The summed E-state index contributed by atoms with van der Waals surface area (Å²) in [5.41, 5.74) is 2.09. The number of ether oxygens (including phenoxy) is 1. The molecule has 0 radical (unpaired) electrons. The van der Waals surface area contributed by atoms with E-state index in [9.17, 15) is 4.79 Å². The van der Waals surface area contributed by atoms with Gasteiger partial charge in [0.25, 0.3) is 5.91 Å². The molecule has 1 aliphatic rings. The van der Waals surface area contributed by atoms with E-state index in [0.29, 0.717) is 23.7 Å². The first-order valence-electron chi connectivity index (χ1n) is 7.73. The van der Waals surface area contributed by atoms with Crippen LogP contribution in [0.2, 0.25) is 0 Å². The quantitative estimate of drug-likeness (QED) is 0.753. The molecule has 0 bridgehead atoms. The van der Waals surface area contributed by atoms with Gasteiger partial charge in [-0.05, 0) is 23.6 Å². The Morgan fingerprint density at radius 2 is 1.91 bits per heavy atom. The number of rotatable bonds is 7. The van der Waals surface area contributed by atoms with Crippen LogP contribution in [0.15, 0.2) is 24.3 Å². The van der Waals surface area contributed by atoms with Gasteiger partial charge in [-0.1, -0.05) is 26.0 Å². The summed E-state index contributed by atoms with van der Waals surface area (Å²) in [6.45, 7) is 6.24. The van der Waals surface area contributed by atoms with Gasteiger partial charge in [-0.15, -0.1) is 23.5 Å². The standard InChI is InChI=1S/C17H25NO2S2/c1-13(2)12-18(8-9-20-3)16(19)14-4-6-15(7-5-14)17-21-10-11-22-17/h4-7,13,17H,8-12H2,1-3H3. The van der Waals surface area contributed by atoms with Crippen LogP contribution in [0.4, 0.5) is 0 Å². The van der Waals surface area contributed by atoms with Crippen LogP contribution in [0, 0.1) is 5.92 Å². The Morgan fingerprint density at radius 3 is 2.45 bits per heavy atom. The molecule has 22 heavy (non-hydrogen) atoms. The number of hydrogen-bond acceptors (Lipinski definition) is 4. The Hall–Kier alpha value is -0.650. The molecular weight excluding hydrogens is 314 g/mol. The maximum atomic E-state index is 12.7. The van der Waals surface area contributed by atoms with Gasteiger partial charge in [0.2, 0.25) is 0 Å². The number of thioether (sulfide) groups is 2. The summed E-state index contributed by atoms with van der Waals surface area (Å²) in [5.74, 6) is 2.99. The highest BCUT2D eigenvalue weighted by molar-refractivity contribution is 8.19. The highest BCUT2D eigenvalue weighted by Gasteiger charge is 2.20. The van der Waals surface area contributed by atoms with Gasteiger partial charge < -0.3 is 9.64 Å². The molecule has 3 nitrogen and oxygen atoms in total. The molecule has 1 aliphatic heterocycles. The number of carbonyl (C=O) groups excluding carboxylic acids is 1. The molecule has 0 aromatic heterocycles. The average molecular weight is 340 g/mol. The Kier molecular flexibility index (Phi) is 7.12. The van der Waals surface area contributed by atoms with E-state index < -0.39 is 0 Å². The summed E-state index contributed by atoms with van der Waals surface area (Å²) in [5, 5.41) is 0. The first-order valence-corrected chi connectivity index (χ1v) is 9.83. The monoisotopic (exact) mass is 339 g/mol. The van der Waals surface area contributed by atoms with Crippen LogP contribution < -0.4 is 0 Å². The van der Waals surface area contributed by atoms with Crippen LogP contribution in [-0.2, 0) is 4.74 Å². The number of nitrogens with zero attached hydrogens (tertiary/aromatic N) is 1. The van der Waals surface area contributed by atoms with E-state index in [1.807, 2.05) is 40.6 Å². The zero-order chi connectivity index (χ0) is 15.9.